The third-order valence-corrected chi connectivity index (χ3v) is 0.399. The molecule has 0 atom stereocenters. The van der Waals surface area contributed by atoms with Crippen molar-refractivity contribution in [2.75, 3.05) is 6.61 Å². The van der Waals surface area contributed by atoms with Crippen LogP contribution in [0.15, 0.2) is 0 Å². The summed E-state index contributed by atoms with van der Waals surface area (Å²) in [5, 5.41) is 0. The molecule has 0 aliphatic heterocycles. The maximum Gasteiger partial charge on any atom is 0.522 e. The molecule has 1 nitrogen and oxygen atoms in total. The van der Waals surface area contributed by atoms with Crippen LogP contribution in [0.3, 0.4) is 0 Å². The molecule has 0 spiro atoms. The Morgan fingerprint density at radius 3 is 1.25 bits per heavy atom. The molecule has 0 bridgehead atoms. The molecule has 0 rings (SSSR count). The highest BCUT2D eigenvalue weighted by atomic mass is 20.0. The van der Waals surface area contributed by atoms with Crippen LogP contribution in [0.1, 0.15) is 0 Å². The third-order valence-electron chi connectivity index (χ3n) is 0.399. The van der Waals surface area contributed by atoms with Crippen molar-refractivity contribution < 1.29 is 40.2 Å². The molecule has 0 amide bonds. The van der Waals surface area contributed by atoms with Gasteiger partial charge >= 0.3 is 12.5 Å². The van der Waals surface area contributed by atoms with Crippen LogP contribution in [0.4, 0.5) is 35.5 Å². The smallest absolute Gasteiger partial charge is 0.282 e. The average molecular weight is 206 g/mol. The Balaban J connectivity index is 0. The van der Waals surface area contributed by atoms with Crippen LogP contribution in [0.5, 0.6) is 0 Å². The second-order valence-corrected chi connectivity index (χ2v) is 1.35. The predicted octanol–water partition coefficient (Wildman–Crippen LogP) is 2.93. The molecule has 0 aliphatic rings. The second kappa shape index (κ2) is 5.12. The van der Waals surface area contributed by atoms with E-state index < -0.39 is 19.1 Å². The fourth-order valence-corrected chi connectivity index (χ4v) is 0.164. The topological polar surface area (TPSA) is 9.23 Å². The Hall–Kier alpha value is -0.600. The van der Waals surface area contributed by atoms with Gasteiger partial charge in [0, 0.05) is 9.15 Å². The highest BCUT2D eigenvalue weighted by Crippen LogP contribution is 2.22. The molecule has 0 unspecified atom stereocenters. The van der Waals surface area contributed by atoms with Gasteiger partial charge in [-0.15, -0.1) is 13.2 Å². The lowest BCUT2D eigenvalue weighted by atomic mass is 10.7. The lowest BCUT2D eigenvalue weighted by Gasteiger charge is -2.08. The van der Waals surface area contributed by atoms with E-state index in [1.54, 1.807) is 0 Å². The summed E-state index contributed by atoms with van der Waals surface area (Å²) in [5.41, 5.74) is 0. The van der Waals surface area contributed by atoms with E-state index in [4.69, 9.17) is 9.15 Å². The van der Waals surface area contributed by atoms with Gasteiger partial charge in [0.1, 0.15) is 0 Å². The molecule has 76 valence electrons. The largest absolute Gasteiger partial charge is 0.522 e. The number of ether oxygens (including phenoxy) is 1. The van der Waals surface area contributed by atoms with E-state index in [9.17, 15) is 26.3 Å². The van der Waals surface area contributed by atoms with Crippen molar-refractivity contribution in [1.82, 2.24) is 0 Å². The molecule has 12 heavy (non-hydrogen) atoms. The number of halogens is 8. The van der Waals surface area contributed by atoms with Crippen molar-refractivity contribution in [3.63, 3.8) is 0 Å². The number of rotatable bonds is 1. The van der Waals surface area contributed by atoms with E-state index in [0.29, 0.717) is 0 Å². The first-order chi connectivity index (χ1) is 5.21. The zero-order valence-corrected chi connectivity index (χ0v) is 5.14. The Bertz CT molecular complexity index is 87.9. The van der Waals surface area contributed by atoms with Crippen LogP contribution >= 0.6 is 0 Å². The molecule has 0 heterocycles. The van der Waals surface area contributed by atoms with Gasteiger partial charge in [0.15, 0.2) is 6.61 Å². The number of hydrogen-bond acceptors (Lipinski definition) is 1. The molecule has 0 aromatic heterocycles. The Labute approximate surface area is 60.8 Å². The highest BCUT2D eigenvalue weighted by molar-refractivity contribution is 4.45. The van der Waals surface area contributed by atoms with Crippen LogP contribution in [-0.4, -0.2) is 19.1 Å². The van der Waals surface area contributed by atoms with Gasteiger partial charge in [0.05, 0.1) is 0 Å². The maximum atomic E-state index is 11.0. The molecule has 0 saturated heterocycles. The summed E-state index contributed by atoms with van der Waals surface area (Å²) in [6, 6.07) is 0. The maximum absolute atomic E-state index is 11.0. The summed E-state index contributed by atoms with van der Waals surface area (Å²) in [6.45, 7) is -2.30. The van der Waals surface area contributed by atoms with Crippen molar-refractivity contribution in [2.45, 2.75) is 12.5 Å². The number of hydrogen-bond donors (Lipinski definition) is 0. The van der Waals surface area contributed by atoms with Gasteiger partial charge in [-0.25, -0.2) is 0 Å². The summed E-state index contributed by atoms with van der Waals surface area (Å²) >= 11 is 0. The third kappa shape index (κ3) is 16.2. The summed E-state index contributed by atoms with van der Waals surface area (Å²) in [6.07, 6.45) is -10.1. The summed E-state index contributed by atoms with van der Waals surface area (Å²) < 4.78 is 83.9. The van der Waals surface area contributed by atoms with Gasteiger partial charge in [-0.1, -0.05) is 0 Å². The van der Waals surface area contributed by atoms with Crippen LogP contribution in [0, 0.1) is 0 Å². The lowest BCUT2D eigenvalue weighted by Crippen LogP contribution is -2.24. The molecule has 0 fully saturated rings. The monoisotopic (exact) mass is 206 g/mol. The Morgan fingerprint density at radius 1 is 0.833 bits per heavy atom. The zero-order valence-electron chi connectivity index (χ0n) is 5.14. The lowest BCUT2D eigenvalue weighted by molar-refractivity contribution is -0.352. The van der Waals surface area contributed by atoms with Crippen molar-refractivity contribution in [1.29, 1.82) is 0 Å². The van der Waals surface area contributed by atoms with Crippen molar-refractivity contribution in [3.05, 3.63) is 0 Å². The standard InChI is InChI=1S/C3H2F6O.F2/c4-2(5,6)1-10-3(7,8)9;1-2/h1H2;. The molecule has 0 N–H and O–H groups in total. The van der Waals surface area contributed by atoms with E-state index in [0.717, 1.165) is 0 Å². The molecule has 0 saturated carbocycles. The van der Waals surface area contributed by atoms with Gasteiger partial charge in [0.2, 0.25) is 0 Å². The summed E-state index contributed by atoms with van der Waals surface area (Å²) in [5.74, 6) is 0. The van der Waals surface area contributed by atoms with E-state index >= 15 is 0 Å². The molecule has 9 heteroatoms. The first-order valence-corrected chi connectivity index (χ1v) is 2.12. The van der Waals surface area contributed by atoms with Crippen molar-refractivity contribution in [3.8, 4) is 0 Å². The van der Waals surface area contributed by atoms with Crippen molar-refractivity contribution >= 4 is 0 Å². The van der Waals surface area contributed by atoms with Crippen LogP contribution in [0.25, 0.3) is 0 Å². The van der Waals surface area contributed by atoms with Crippen LogP contribution < -0.4 is 0 Å². The van der Waals surface area contributed by atoms with Crippen LogP contribution in [0.2, 0.25) is 0 Å². The van der Waals surface area contributed by atoms with Crippen molar-refractivity contribution in [2.24, 2.45) is 0 Å². The minimum atomic E-state index is -5.21. The molecular formula is C3H2F8O. The van der Waals surface area contributed by atoms with Gasteiger partial charge in [-0.2, -0.15) is 13.2 Å². The minimum Gasteiger partial charge on any atom is -0.282 e. The van der Waals surface area contributed by atoms with E-state index in [1.807, 2.05) is 0 Å². The normalized spacial score (nSPS) is 12.0. The summed E-state index contributed by atoms with van der Waals surface area (Å²) in [7, 11) is 0. The molecule has 0 radical (unpaired) electrons. The average Bonchev–Trinajstić information content (AvgIpc) is 1.86. The van der Waals surface area contributed by atoms with Gasteiger partial charge < -0.3 is 0 Å². The predicted molar refractivity (Wildman–Crippen MR) is 20.3 cm³/mol. The minimum absolute atomic E-state index is 2.30. The molecule has 0 aromatic carbocycles. The van der Waals surface area contributed by atoms with Crippen LogP contribution in [-0.2, 0) is 4.74 Å². The fraction of sp³-hybridized carbons (Fsp3) is 1.00. The Kier molecular flexibility index (Phi) is 5.95. The van der Waals surface area contributed by atoms with Gasteiger partial charge in [0.25, 0.3) is 0 Å². The number of alkyl halides is 6. The van der Waals surface area contributed by atoms with Gasteiger partial charge in [-0.05, 0) is 0 Å². The molecule has 0 aromatic rings. The summed E-state index contributed by atoms with van der Waals surface area (Å²) in [4.78, 5) is 0. The van der Waals surface area contributed by atoms with E-state index in [2.05, 4.69) is 4.74 Å². The fourth-order valence-electron chi connectivity index (χ4n) is 0.164. The molecule has 0 aliphatic carbocycles. The Morgan fingerprint density at radius 2 is 1.17 bits per heavy atom. The van der Waals surface area contributed by atoms with Gasteiger partial charge in [-0.3, -0.25) is 4.74 Å². The quantitative estimate of drug-likeness (QED) is 0.599. The highest BCUT2D eigenvalue weighted by Gasteiger charge is 2.37. The first-order valence-electron chi connectivity index (χ1n) is 2.12. The second-order valence-electron chi connectivity index (χ2n) is 1.35. The van der Waals surface area contributed by atoms with E-state index in [1.165, 1.54) is 0 Å². The SMILES string of the molecule is FC(F)(F)COC(F)(F)F.FF. The zero-order chi connectivity index (χ0) is 10.4. The molecular weight excluding hydrogens is 204 g/mol. The van der Waals surface area contributed by atoms with E-state index in [-0.39, 0.29) is 0 Å². The first kappa shape index (κ1) is 14.0.